The molecule has 1 heterocycles. The molecule has 0 aliphatic carbocycles. The van der Waals surface area contributed by atoms with E-state index in [0.717, 1.165) is 11.0 Å². The lowest BCUT2D eigenvalue weighted by atomic mass is 10.1. The fraction of sp³-hybridized carbons (Fsp3) is 0.417. The van der Waals surface area contributed by atoms with Crippen molar-refractivity contribution < 1.29 is 0 Å². The van der Waals surface area contributed by atoms with Crippen LogP contribution in [0.1, 0.15) is 24.0 Å². The van der Waals surface area contributed by atoms with Crippen molar-refractivity contribution in [2.45, 2.75) is 19.4 Å². The van der Waals surface area contributed by atoms with Crippen molar-refractivity contribution in [3.63, 3.8) is 0 Å². The highest BCUT2D eigenvalue weighted by molar-refractivity contribution is 9.10. The zero-order valence-electron chi connectivity index (χ0n) is 8.54. The molecular weight excluding hydrogens is 252 g/mol. The Hall–Kier alpha value is -0.850. The highest BCUT2D eigenvalue weighted by atomic mass is 79.9. The summed E-state index contributed by atoms with van der Waals surface area (Å²) in [5.41, 5.74) is 1.99. The van der Waals surface area contributed by atoms with Crippen LogP contribution in [0.15, 0.2) is 22.7 Å². The summed E-state index contributed by atoms with van der Waals surface area (Å²) in [5, 5.41) is 8.76. The van der Waals surface area contributed by atoms with E-state index in [4.69, 9.17) is 5.26 Å². The molecule has 0 spiro atoms. The van der Waals surface area contributed by atoms with E-state index in [0.29, 0.717) is 5.56 Å². The third-order valence-electron chi connectivity index (χ3n) is 2.77. The summed E-state index contributed by atoms with van der Waals surface area (Å²) in [6.07, 6.45) is 2.63. The first kappa shape index (κ1) is 10.7. The van der Waals surface area contributed by atoms with Gasteiger partial charge in [0.05, 0.1) is 11.6 Å². The quantitative estimate of drug-likeness (QED) is 0.822. The molecule has 0 unspecified atom stereocenters. The molecule has 0 radical (unpaired) electrons. The topological polar surface area (TPSA) is 27.0 Å². The van der Waals surface area contributed by atoms with Crippen LogP contribution in [0.25, 0.3) is 0 Å². The monoisotopic (exact) mass is 264 g/mol. The second-order valence-electron chi connectivity index (χ2n) is 3.90. The molecule has 78 valence electrons. The van der Waals surface area contributed by atoms with Crippen LogP contribution in [0.4, 0.5) is 0 Å². The summed E-state index contributed by atoms with van der Waals surface area (Å²) in [6, 6.07) is 7.97. The molecule has 1 fully saturated rings. The SMILES string of the molecule is N#Cc1ccc(CN2CCCC2)c(Br)c1. The Morgan fingerprint density at radius 1 is 1.33 bits per heavy atom. The lowest BCUT2D eigenvalue weighted by Gasteiger charge is -2.15. The van der Waals surface area contributed by atoms with Crippen molar-refractivity contribution in [2.75, 3.05) is 13.1 Å². The van der Waals surface area contributed by atoms with Gasteiger partial charge in [-0.15, -0.1) is 0 Å². The molecule has 15 heavy (non-hydrogen) atoms. The van der Waals surface area contributed by atoms with Gasteiger partial charge in [-0.25, -0.2) is 0 Å². The van der Waals surface area contributed by atoms with Crippen molar-refractivity contribution in [2.24, 2.45) is 0 Å². The smallest absolute Gasteiger partial charge is 0.0992 e. The van der Waals surface area contributed by atoms with E-state index in [1.165, 1.54) is 31.5 Å². The van der Waals surface area contributed by atoms with Gasteiger partial charge in [-0.2, -0.15) is 5.26 Å². The van der Waals surface area contributed by atoms with Gasteiger partial charge in [0.25, 0.3) is 0 Å². The van der Waals surface area contributed by atoms with E-state index in [1.54, 1.807) is 0 Å². The van der Waals surface area contributed by atoms with Gasteiger partial charge in [-0.05, 0) is 43.6 Å². The summed E-state index contributed by atoms with van der Waals surface area (Å²) >= 11 is 3.52. The lowest BCUT2D eigenvalue weighted by molar-refractivity contribution is 0.331. The number of nitrogens with zero attached hydrogens (tertiary/aromatic N) is 2. The lowest BCUT2D eigenvalue weighted by Crippen LogP contribution is -2.18. The van der Waals surface area contributed by atoms with E-state index in [2.05, 4.69) is 26.9 Å². The normalized spacial score (nSPS) is 16.5. The number of nitriles is 1. The molecule has 2 nitrogen and oxygen atoms in total. The van der Waals surface area contributed by atoms with Crippen LogP contribution in [0, 0.1) is 11.3 Å². The van der Waals surface area contributed by atoms with Gasteiger partial charge < -0.3 is 0 Å². The van der Waals surface area contributed by atoms with Crippen LogP contribution >= 0.6 is 15.9 Å². The molecule has 1 aromatic rings. The maximum atomic E-state index is 8.76. The van der Waals surface area contributed by atoms with E-state index >= 15 is 0 Å². The Bertz CT molecular complexity index is 389. The van der Waals surface area contributed by atoms with Gasteiger partial charge in [0.15, 0.2) is 0 Å². The third-order valence-corrected chi connectivity index (χ3v) is 3.51. The first-order valence-corrected chi connectivity index (χ1v) is 6.00. The van der Waals surface area contributed by atoms with Crippen LogP contribution in [-0.2, 0) is 6.54 Å². The molecule has 0 amide bonds. The van der Waals surface area contributed by atoms with Crippen molar-refractivity contribution in [1.29, 1.82) is 5.26 Å². The standard InChI is InChI=1S/C12H13BrN2/c13-12-7-10(8-14)3-4-11(12)9-15-5-1-2-6-15/h3-4,7H,1-2,5-6,9H2. The summed E-state index contributed by atoms with van der Waals surface area (Å²) in [4.78, 5) is 2.45. The molecule has 0 aromatic heterocycles. The van der Waals surface area contributed by atoms with Crippen LogP contribution in [0.3, 0.4) is 0 Å². The molecule has 1 aliphatic heterocycles. The maximum Gasteiger partial charge on any atom is 0.0992 e. The summed E-state index contributed by atoms with van der Waals surface area (Å²) < 4.78 is 1.05. The van der Waals surface area contributed by atoms with Crippen LogP contribution < -0.4 is 0 Å². The Morgan fingerprint density at radius 2 is 2.07 bits per heavy atom. The van der Waals surface area contributed by atoms with Gasteiger partial charge >= 0.3 is 0 Å². The Morgan fingerprint density at radius 3 is 2.67 bits per heavy atom. The molecular formula is C12H13BrN2. The maximum absolute atomic E-state index is 8.76. The fourth-order valence-corrected chi connectivity index (χ4v) is 2.43. The molecule has 0 saturated carbocycles. The van der Waals surface area contributed by atoms with E-state index < -0.39 is 0 Å². The minimum Gasteiger partial charge on any atom is -0.299 e. The second-order valence-corrected chi connectivity index (χ2v) is 4.76. The van der Waals surface area contributed by atoms with Crippen molar-refractivity contribution in [3.05, 3.63) is 33.8 Å². The fourth-order valence-electron chi connectivity index (χ4n) is 1.93. The first-order valence-electron chi connectivity index (χ1n) is 5.20. The molecule has 0 N–H and O–H groups in total. The first-order chi connectivity index (χ1) is 7.29. The average molecular weight is 265 g/mol. The zero-order chi connectivity index (χ0) is 10.7. The molecule has 1 aromatic carbocycles. The number of hydrogen-bond donors (Lipinski definition) is 0. The van der Waals surface area contributed by atoms with Gasteiger partial charge in [-0.3, -0.25) is 4.90 Å². The highest BCUT2D eigenvalue weighted by Crippen LogP contribution is 2.21. The van der Waals surface area contributed by atoms with Crippen LogP contribution in [0.2, 0.25) is 0 Å². The molecule has 3 heteroatoms. The molecule has 0 bridgehead atoms. The van der Waals surface area contributed by atoms with Gasteiger partial charge in [0, 0.05) is 11.0 Å². The number of halogens is 1. The molecule has 1 saturated heterocycles. The van der Waals surface area contributed by atoms with Gasteiger partial charge in [-0.1, -0.05) is 22.0 Å². The largest absolute Gasteiger partial charge is 0.299 e. The third kappa shape index (κ3) is 2.58. The predicted molar refractivity (Wildman–Crippen MR) is 63.4 cm³/mol. The molecule has 2 rings (SSSR count). The summed E-state index contributed by atoms with van der Waals surface area (Å²) in [5.74, 6) is 0. The Kier molecular flexibility index (Phi) is 3.40. The number of likely N-dealkylation sites (tertiary alicyclic amines) is 1. The minimum absolute atomic E-state index is 0.715. The van der Waals surface area contributed by atoms with Crippen molar-refractivity contribution in [1.82, 2.24) is 4.90 Å². The van der Waals surface area contributed by atoms with E-state index in [1.807, 2.05) is 18.2 Å². The summed E-state index contributed by atoms with van der Waals surface area (Å²) in [7, 11) is 0. The van der Waals surface area contributed by atoms with Crippen LogP contribution in [0.5, 0.6) is 0 Å². The average Bonchev–Trinajstić information content (AvgIpc) is 2.74. The van der Waals surface area contributed by atoms with Crippen LogP contribution in [-0.4, -0.2) is 18.0 Å². The van der Waals surface area contributed by atoms with E-state index in [-0.39, 0.29) is 0 Å². The van der Waals surface area contributed by atoms with Crippen molar-refractivity contribution in [3.8, 4) is 6.07 Å². The number of benzene rings is 1. The number of rotatable bonds is 2. The molecule has 1 aliphatic rings. The highest BCUT2D eigenvalue weighted by Gasteiger charge is 2.13. The minimum atomic E-state index is 0.715. The van der Waals surface area contributed by atoms with Gasteiger partial charge in [0.2, 0.25) is 0 Å². The Balaban J connectivity index is 2.11. The molecule has 0 atom stereocenters. The number of hydrogen-bond acceptors (Lipinski definition) is 2. The summed E-state index contributed by atoms with van der Waals surface area (Å²) in [6.45, 7) is 3.39. The van der Waals surface area contributed by atoms with Gasteiger partial charge in [0.1, 0.15) is 0 Å². The second kappa shape index (κ2) is 4.78. The zero-order valence-corrected chi connectivity index (χ0v) is 10.1. The predicted octanol–water partition coefficient (Wildman–Crippen LogP) is 2.92. The van der Waals surface area contributed by atoms with Crippen molar-refractivity contribution >= 4 is 15.9 Å². The van der Waals surface area contributed by atoms with E-state index in [9.17, 15) is 0 Å². The Labute approximate surface area is 98.6 Å².